The largest absolute Gasteiger partial charge is 0.393 e. The molecule has 0 bridgehead atoms. The van der Waals surface area contributed by atoms with Gasteiger partial charge in [-0.3, -0.25) is 9.48 Å². The van der Waals surface area contributed by atoms with Gasteiger partial charge in [-0.1, -0.05) is 19.3 Å². The van der Waals surface area contributed by atoms with Crippen molar-refractivity contribution in [1.82, 2.24) is 15.1 Å². The highest BCUT2D eigenvalue weighted by Crippen LogP contribution is 2.30. The van der Waals surface area contributed by atoms with E-state index in [2.05, 4.69) is 10.4 Å². The minimum absolute atomic E-state index is 0.0594. The van der Waals surface area contributed by atoms with Gasteiger partial charge in [0, 0.05) is 18.2 Å². The van der Waals surface area contributed by atoms with Crippen molar-refractivity contribution in [2.45, 2.75) is 64.0 Å². The molecular weight excluding hydrogens is 266 g/mol. The average Bonchev–Trinajstić information content (AvgIpc) is 3.17. The lowest BCUT2D eigenvalue weighted by Crippen LogP contribution is -2.32. The van der Waals surface area contributed by atoms with E-state index in [4.69, 9.17) is 0 Å². The molecule has 2 fully saturated rings. The Hall–Kier alpha value is -1.36. The predicted octanol–water partition coefficient (Wildman–Crippen LogP) is 2.20. The summed E-state index contributed by atoms with van der Waals surface area (Å²) in [5.41, 5.74) is 1.64. The summed E-state index contributed by atoms with van der Waals surface area (Å²) in [6.07, 6.45) is 9.19. The van der Waals surface area contributed by atoms with Gasteiger partial charge in [0.15, 0.2) is 0 Å². The van der Waals surface area contributed by atoms with E-state index in [1.165, 1.54) is 12.8 Å². The molecule has 0 saturated heterocycles. The Bertz CT molecular complexity index is 506. The number of rotatable bonds is 4. The number of hydrogen-bond acceptors (Lipinski definition) is 3. The Balaban J connectivity index is 1.62. The van der Waals surface area contributed by atoms with Gasteiger partial charge in [-0.2, -0.15) is 5.10 Å². The molecule has 0 aliphatic heterocycles. The van der Waals surface area contributed by atoms with E-state index in [0.717, 1.165) is 37.8 Å². The number of amides is 1. The maximum absolute atomic E-state index is 12.3. The second kappa shape index (κ2) is 6.18. The molecule has 0 spiro atoms. The maximum Gasteiger partial charge on any atom is 0.254 e. The van der Waals surface area contributed by atoms with Crippen LogP contribution in [0.2, 0.25) is 0 Å². The average molecular weight is 291 g/mol. The molecule has 1 aromatic heterocycles. The number of aromatic nitrogens is 2. The number of carbonyl (C=O) groups is 1. The van der Waals surface area contributed by atoms with Crippen LogP contribution < -0.4 is 5.32 Å². The lowest BCUT2D eigenvalue weighted by atomic mass is 10.1. The normalized spacial score (nSPS) is 26.4. The van der Waals surface area contributed by atoms with Crippen molar-refractivity contribution in [2.24, 2.45) is 5.92 Å². The minimum Gasteiger partial charge on any atom is -0.393 e. The third-order valence-electron chi connectivity index (χ3n) is 5.10. The van der Waals surface area contributed by atoms with Crippen LogP contribution in [0.3, 0.4) is 0 Å². The van der Waals surface area contributed by atoms with Crippen LogP contribution in [0.25, 0.3) is 0 Å². The molecule has 2 unspecified atom stereocenters. The molecule has 2 atom stereocenters. The van der Waals surface area contributed by atoms with Crippen molar-refractivity contribution in [3.05, 3.63) is 17.5 Å². The predicted molar refractivity (Wildman–Crippen MR) is 80.2 cm³/mol. The van der Waals surface area contributed by atoms with Crippen LogP contribution in [0.15, 0.2) is 6.20 Å². The van der Waals surface area contributed by atoms with E-state index in [-0.39, 0.29) is 17.9 Å². The number of carbonyl (C=O) groups excluding carboxylic acids is 1. The van der Waals surface area contributed by atoms with Gasteiger partial charge in [-0.25, -0.2) is 0 Å². The molecule has 5 heteroatoms. The smallest absolute Gasteiger partial charge is 0.254 e. The third kappa shape index (κ3) is 2.98. The van der Waals surface area contributed by atoms with Crippen LogP contribution in [0.5, 0.6) is 0 Å². The molecule has 5 nitrogen and oxygen atoms in total. The van der Waals surface area contributed by atoms with Gasteiger partial charge in [0.05, 0.1) is 23.9 Å². The van der Waals surface area contributed by atoms with E-state index in [9.17, 15) is 9.90 Å². The summed E-state index contributed by atoms with van der Waals surface area (Å²) in [4.78, 5) is 12.3. The molecule has 1 amide bonds. The van der Waals surface area contributed by atoms with E-state index in [1.54, 1.807) is 6.20 Å². The zero-order valence-electron chi connectivity index (χ0n) is 12.7. The third-order valence-corrected chi connectivity index (χ3v) is 5.10. The van der Waals surface area contributed by atoms with Gasteiger partial charge in [0.25, 0.3) is 5.91 Å². The van der Waals surface area contributed by atoms with Crippen LogP contribution in [0, 0.1) is 12.8 Å². The summed E-state index contributed by atoms with van der Waals surface area (Å²) in [5, 5.41) is 17.2. The standard InChI is InChI=1S/C16H25N3O2/c1-11-14(10-18-19(11)13-6-2-3-7-13)16(21)17-9-12-5-4-8-15(12)20/h10,12-13,15,20H,2-9H2,1H3,(H,17,21). The monoisotopic (exact) mass is 291 g/mol. The highest BCUT2D eigenvalue weighted by molar-refractivity contribution is 5.95. The van der Waals surface area contributed by atoms with Crippen molar-refractivity contribution >= 4 is 5.91 Å². The zero-order valence-corrected chi connectivity index (χ0v) is 12.7. The Kier molecular flexibility index (Phi) is 4.29. The summed E-state index contributed by atoms with van der Waals surface area (Å²) in [6, 6.07) is 0.461. The quantitative estimate of drug-likeness (QED) is 0.893. The minimum atomic E-state index is -0.257. The molecule has 0 radical (unpaired) electrons. The van der Waals surface area contributed by atoms with Crippen molar-refractivity contribution < 1.29 is 9.90 Å². The lowest BCUT2D eigenvalue weighted by Gasteiger charge is -2.15. The van der Waals surface area contributed by atoms with Crippen LogP contribution in [0.4, 0.5) is 0 Å². The summed E-state index contributed by atoms with van der Waals surface area (Å²) in [7, 11) is 0. The summed E-state index contributed by atoms with van der Waals surface area (Å²) >= 11 is 0. The number of nitrogens with zero attached hydrogens (tertiary/aromatic N) is 2. The van der Waals surface area contributed by atoms with Crippen molar-refractivity contribution in [3.63, 3.8) is 0 Å². The molecule has 2 N–H and O–H groups in total. The van der Waals surface area contributed by atoms with Gasteiger partial charge >= 0.3 is 0 Å². The van der Waals surface area contributed by atoms with Crippen molar-refractivity contribution in [1.29, 1.82) is 0 Å². The molecule has 21 heavy (non-hydrogen) atoms. The van der Waals surface area contributed by atoms with Crippen LogP contribution >= 0.6 is 0 Å². The molecular formula is C16H25N3O2. The van der Waals surface area contributed by atoms with Crippen LogP contribution in [0.1, 0.15) is 67.0 Å². The maximum atomic E-state index is 12.3. The van der Waals surface area contributed by atoms with E-state index in [1.807, 2.05) is 11.6 Å². The first-order chi connectivity index (χ1) is 10.2. The summed E-state index contributed by atoms with van der Waals surface area (Å²) in [6.45, 7) is 2.54. The zero-order chi connectivity index (χ0) is 14.8. The number of aliphatic hydroxyl groups excluding tert-OH is 1. The molecule has 2 aliphatic carbocycles. The second-order valence-corrected chi connectivity index (χ2v) is 6.49. The number of nitrogens with one attached hydrogen (secondary N) is 1. The first kappa shape index (κ1) is 14.6. The fourth-order valence-electron chi connectivity index (χ4n) is 3.74. The summed E-state index contributed by atoms with van der Waals surface area (Å²) in [5.74, 6) is 0.148. The van der Waals surface area contributed by atoms with Gasteiger partial charge in [-0.05, 0) is 32.6 Å². The molecule has 2 aliphatic rings. The van der Waals surface area contributed by atoms with Crippen molar-refractivity contribution in [2.75, 3.05) is 6.54 Å². The summed E-state index contributed by atoms with van der Waals surface area (Å²) < 4.78 is 2.02. The number of hydrogen-bond donors (Lipinski definition) is 2. The molecule has 2 saturated carbocycles. The molecule has 0 aromatic carbocycles. The van der Waals surface area contributed by atoms with Gasteiger partial charge in [0.2, 0.25) is 0 Å². The topological polar surface area (TPSA) is 67.2 Å². The Morgan fingerprint density at radius 2 is 2.10 bits per heavy atom. The SMILES string of the molecule is Cc1c(C(=O)NCC2CCCC2O)cnn1C1CCCC1. The fraction of sp³-hybridized carbons (Fsp3) is 0.750. The number of aliphatic hydroxyl groups is 1. The lowest BCUT2D eigenvalue weighted by molar-refractivity contribution is 0.0916. The highest BCUT2D eigenvalue weighted by Gasteiger charge is 2.26. The first-order valence-corrected chi connectivity index (χ1v) is 8.17. The van der Waals surface area contributed by atoms with Gasteiger partial charge in [0.1, 0.15) is 0 Å². The Morgan fingerprint density at radius 3 is 2.76 bits per heavy atom. The second-order valence-electron chi connectivity index (χ2n) is 6.49. The van der Waals surface area contributed by atoms with Gasteiger partial charge < -0.3 is 10.4 Å². The van der Waals surface area contributed by atoms with Crippen LogP contribution in [-0.2, 0) is 0 Å². The highest BCUT2D eigenvalue weighted by atomic mass is 16.3. The van der Waals surface area contributed by atoms with Gasteiger partial charge in [-0.15, -0.1) is 0 Å². The van der Waals surface area contributed by atoms with E-state index in [0.29, 0.717) is 18.2 Å². The Labute approximate surface area is 125 Å². The first-order valence-electron chi connectivity index (χ1n) is 8.17. The molecule has 1 heterocycles. The van der Waals surface area contributed by atoms with E-state index < -0.39 is 0 Å². The van der Waals surface area contributed by atoms with Crippen LogP contribution in [-0.4, -0.2) is 33.4 Å². The molecule has 3 rings (SSSR count). The van der Waals surface area contributed by atoms with E-state index >= 15 is 0 Å². The Morgan fingerprint density at radius 1 is 1.33 bits per heavy atom. The fourth-order valence-corrected chi connectivity index (χ4v) is 3.74. The van der Waals surface area contributed by atoms with Crippen molar-refractivity contribution in [3.8, 4) is 0 Å². The molecule has 116 valence electrons. The molecule has 1 aromatic rings.